The van der Waals surface area contributed by atoms with E-state index < -0.39 is 0 Å². The molecule has 0 spiro atoms. The van der Waals surface area contributed by atoms with Crippen molar-refractivity contribution in [1.82, 2.24) is 29.5 Å². The minimum Gasteiger partial charge on any atom is -0.657 e. The molecule has 8 bridgehead atoms. The van der Waals surface area contributed by atoms with E-state index in [9.17, 15) is 4.79 Å². The molecule has 0 unspecified atom stereocenters. The van der Waals surface area contributed by atoms with Crippen LogP contribution in [-0.4, -0.2) is 25.4 Å². The van der Waals surface area contributed by atoms with Gasteiger partial charge in [0.2, 0.25) is 0 Å². The molecule has 13 rings (SSSR count). The average Bonchev–Trinajstić information content (AvgIpc) is 4.21. The zero-order valence-corrected chi connectivity index (χ0v) is 34.9. The van der Waals surface area contributed by atoms with E-state index in [1.807, 2.05) is 103 Å². The van der Waals surface area contributed by atoms with Crippen LogP contribution in [0.3, 0.4) is 0 Å². The Morgan fingerprint density at radius 2 is 0.797 bits per heavy atom. The molecule has 7 heterocycles. The third kappa shape index (κ3) is 5.73. The Bertz CT molecular complexity index is 3740. The molecule has 0 aliphatic carbocycles. The van der Waals surface area contributed by atoms with Gasteiger partial charge in [-0.2, -0.15) is 0 Å². The average molecular weight is 864 g/mol. The van der Waals surface area contributed by atoms with E-state index in [2.05, 4.69) is 91.0 Å². The van der Waals surface area contributed by atoms with Crippen LogP contribution in [0.5, 0.6) is 0 Å². The van der Waals surface area contributed by atoms with Crippen molar-refractivity contribution >= 4 is 51.2 Å². The summed E-state index contributed by atoms with van der Waals surface area (Å²) < 4.78 is 1.74. The van der Waals surface area contributed by atoms with Gasteiger partial charge in [-0.05, 0) is 80.9 Å². The Hall–Kier alpha value is -8.19. The third-order valence-electron chi connectivity index (χ3n) is 12.3. The van der Waals surface area contributed by atoms with Gasteiger partial charge in [-0.25, -0.2) is 15.0 Å². The SMILES string of the molecule is O=C1c2cc3c(cc2-c2nc4ccccc4n21)-c1nc-3c(-c2ccccc2)c2ccc([n-]2)c(-c2ccccc2)c2nc(c(-c3ccccc3)c3ccc([n-]3)c1-c1ccccc1)C=C2.[Ni+2]. The molecule has 0 fully saturated rings. The van der Waals surface area contributed by atoms with Gasteiger partial charge in [-0.15, -0.1) is 22.1 Å². The molecule has 3 aliphatic rings. The van der Waals surface area contributed by atoms with Crippen molar-refractivity contribution in [3.8, 4) is 78.4 Å². The van der Waals surface area contributed by atoms with Gasteiger partial charge in [0.05, 0.1) is 39.4 Å². The molecule has 0 atom stereocenters. The van der Waals surface area contributed by atoms with Crippen LogP contribution >= 0.6 is 0 Å². The van der Waals surface area contributed by atoms with Crippen molar-refractivity contribution in [2.45, 2.75) is 0 Å². The van der Waals surface area contributed by atoms with Crippen LogP contribution in [0.4, 0.5) is 0 Å². The number of hydrogen-bond acceptors (Lipinski definition) is 4. The standard InChI is InChI=1S/C56H33N6O.Ni/c63-56-40-32-38-37(31-39(40)55-60-41-23-13-14-24-48(41)62(55)56)53-51(35-19-9-3-10-20-35)46-29-27-44(58-46)49(33-15-5-1-6-16-33)42-25-26-43(57-42)50(34-17-7-2-8-18-34)45-28-30-47(59-45)52(54(38)61-53)36-21-11-4-12-22-36;/h1-32H,(H-,57,58,59,60,61,63);/q-1;+2/p-1. The molecule has 8 heteroatoms. The van der Waals surface area contributed by atoms with Crippen molar-refractivity contribution in [2.24, 2.45) is 0 Å². The summed E-state index contributed by atoms with van der Waals surface area (Å²) in [7, 11) is 0. The van der Waals surface area contributed by atoms with E-state index in [1.54, 1.807) is 4.57 Å². The summed E-state index contributed by atoms with van der Waals surface area (Å²) in [5.41, 5.74) is 18.3. The summed E-state index contributed by atoms with van der Waals surface area (Å²) in [4.78, 5) is 41.6. The van der Waals surface area contributed by atoms with Gasteiger partial charge in [0, 0.05) is 16.7 Å². The summed E-state index contributed by atoms with van der Waals surface area (Å²) in [6, 6.07) is 61.6. The number of carbonyl (C=O) groups is 1. The Morgan fingerprint density at radius 1 is 0.391 bits per heavy atom. The molecule has 10 aromatic rings. The van der Waals surface area contributed by atoms with Crippen LogP contribution in [0.2, 0.25) is 0 Å². The van der Waals surface area contributed by atoms with Gasteiger partial charge in [0.25, 0.3) is 5.91 Å². The van der Waals surface area contributed by atoms with Crippen LogP contribution < -0.4 is 9.97 Å². The number of carbonyl (C=O) groups excluding carboxylic acids is 1. The molecule has 7 nitrogen and oxygen atoms in total. The Balaban J connectivity index is 0.00000433. The minimum atomic E-state index is -0.111. The first kappa shape index (κ1) is 37.6. The summed E-state index contributed by atoms with van der Waals surface area (Å²) >= 11 is 0. The van der Waals surface area contributed by atoms with Crippen molar-refractivity contribution < 1.29 is 21.3 Å². The van der Waals surface area contributed by atoms with Crippen molar-refractivity contribution in [3.05, 3.63) is 199 Å². The third-order valence-corrected chi connectivity index (χ3v) is 12.3. The number of imidazole rings is 1. The number of hydrogen-bond donors (Lipinski definition) is 0. The Kier molecular flexibility index (Phi) is 8.65. The first-order valence-electron chi connectivity index (χ1n) is 21.0. The molecule has 64 heavy (non-hydrogen) atoms. The monoisotopic (exact) mass is 862 g/mol. The van der Waals surface area contributed by atoms with Gasteiger partial charge in [0.1, 0.15) is 5.82 Å². The number of nitrogens with zero attached hydrogens (tertiary/aromatic N) is 6. The first-order valence-corrected chi connectivity index (χ1v) is 21.0. The van der Waals surface area contributed by atoms with E-state index in [1.165, 1.54) is 0 Å². The van der Waals surface area contributed by atoms with E-state index in [0.717, 1.165) is 117 Å². The maximum Gasteiger partial charge on any atom is 2.00 e. The van der Waals surface area contributed by atoms with Crippen molar-refractivity contribution in [2.75, 3.05) is 0 Å². The van der Waals surface area contributed by atoms with E-state index in [0.29, 0.717) is 11.4 Å². The minimum absolute atomic E-state index is 0. The van der Waals surface area contributed by atoms with E-state index in [4.69, 9.17) is 24.9 Å². The fourth-order valence-electron chi connectivity index (χ4n) is 9.51. The summed E-state index contributed by atoms with van der Waals surface area (Å²) in [6.45, 7) is 0. The largest absolute Gasteiger partial charge is 2.00 e. The summed E-state index contributed by atoms with van der Waals surface area (Å²) in [6.07, 6.45) is 4.18. The molecule has 302 valence electrons. The Labute approximate surface area is 377 Å². The second-order valence-corrected chi connectivity index (χ2v) is 15.9. The fraction of sp³-hybridized carbons (Fsp3) is 0. The smallest absolute Gasteiger partial charge is 0.657 e. The van der Waals surface area contributed by atoms with Crippen LogP contribution in [0, 0.1) is 0 Å². The molecule has 0 saturated carbocycles. The first-order chi connectivity index (χ1) is 31.2. The number of aromatic nitrogens is 6. The zero-order valence-electron chi connectivity index (χ0n) is 33.9. The maximum atomic E-state index is 14.6. The van der Waals surface area contributed by atoms with E-state index in [-0.39, 0.29) is 22.4 Å². The molecule has 3 aliphatic heterocycles. The number of rotatable bonds is 4. The molecule has 0 amide bonds. The number of benzene rings is 6. The summed E-state index contributed by atoms with van der Waals surface area (Å²) in [5, 5.41) is 0. The molecule has 0 saturated heterocycles. The van der Waals surface area contributed by atoms with Gasteiger partial charge in [0.15, 0.2) is 0 Å². The van der Waals surface area contributed by atoms with Gasteiger partial charge < -0.3 is 9.97 Å². The van der Waals surface area contributed by atoms with Crippen LogP contribution in [0.25, 0.3) is 124 Å². The van der Waals surface area contributed by atoms with Crippen molar-refractivity contribution in [3.63, 3.8) is 0 Å². The number of fused-ring (bicyclic) bond motifs is 16. The second kappa shape index (κ2) is 14.7. The van der Waals surface area contributed by atoms with Gasteiger partial charge >= 0.3 is 16.5 Å². The maximum absolute atomic E-state index is 14.6. The topological polar surface area (TPSA) is 88.9 Å². The van der Waals surface area contributed by atoms with Gasteiger partial charge in [-0.3, -0.25) is 9.36 Å². The predicted molar refractivity (Wildman–Crippen MR) is 252 cm³/mol. The normalized spacial score (nSPS) is 12.2. The van der Waals surface area contributed by atoms with Crippen LogP contribution in [0.15, 0.2) is 182 Å². The molecular formula is C56H32N6NiO. The number of para-hydroxylation sites is 2. The molecule has 0 radical (unpaired) electrons. The van der Waals surface area contributed by atoms with Crippen LogP contribution in [0.1, 0.15) is 21.7 Å². The Morgan fingerprint density at radius 3 is 1.28 bits per heavy atom. The molecule has 6 aromatic carbocycles. The molecule has 4 aromatic heterocycles. The van der Waals surface area contributed by atoms with Gasteiger partial charge in [-0.1, -0.05) is 158 Å². The predicted octanol–water partition coefficient (Wildman–Crippen LogP) is 12.8. The molecular weight excluding hydrogens is 831 g/mol. The van der Waals surface area contributed by atoms with Crippen molar-refractivity contribution in [1.29, 1.82) is 0 Å². The quantitative estimate of drug-likeness (QED) is 0.164. The summed E-state index contributed by atoms with van der Waals surface area (Å²) in [5.74, 6) is 0.516. The van der Waals surface area contributed by atoms with E-state index >= 15 is 0 Å². The van der Waals surface area contributed by atoms with Crippen LogP contribution in [-0.2, 0) is 16.5 Å². The zero-order chi connectivity index (χ0) is 41.6. The second-order valence-electron chi connectivity index (χ2n) is 15.9. The molecule has 0 N–H and O–H groups in total. The fourth-order valence-corrected chi connectivity index (χ4v) is 9.51.